The van der Waals surface area contributed by atoms with Crippen molar-refractivity contribution in [2.75, 3.05) is 25.4 Å². The van der Waals surface area contributed by atoms with Gasteiger partial charge in [-0.3, -0.25) is 0 Å². The molecule has 0 radical (unpaired) electrons. The lowest BCUT2D eigenvalue weighted by Gasteiger charge is -2.24. The van der Waals surface area contributed by atoms with Crippen molar-refractivity contribution >= 4 is 17.1 Å². The topological polar surface area (TPSA) is 73.3 Å². The van der Waals surface area contributed by atoms with Crippen molar-refractivity contribution in [3.05, 3.63) is 48.0 Å². The highest BCUT2D eigenvalue weighted by molar-refractivity contribution is 5.81. The fourth-order valence-corrected chi connectivity index (χ4v) is 2.79. The molecule has 2 heterocycles. The number of nitrogens with one attached hydrogen (secondary N) is 1. The fourth-order valence-electron chi connectivity index (χ4n) is 2.79. The maximum absolute atomic E-state index is 5.77. The number of oxazole rings is 1. The van der Waals surface area contributed by atoms with Crippen molar-refractivity contribution in [2.45, 2.75) is 6.10 Å². The summed E-state index contributed by atoms with van der Waals surface area (Å²) in [6.07, 6.45) is 0.139. The Morgan fingerprint density at radius 1 is 1.09 bits per heavy atom. The molecular weight excluding hydrogens is 278 g/mol. The van der Waals surface area contributed by atoms with Crippen LogP contribution in [0.1, 0.15) is 11.7 Å². The van der Waals surface area contributed by atoms with Crippen LogP contribution in [0.3, 0.4) is 0 Å². The predicted octanol–water partition coefficient (Wildman–Crippen LogP) is 2.74. The lowest BCUT2D eigenvalue weighted by molar-refractivity contribution is 0.0277. The number of benzene rings is 2. The lowest BCUT2D eigenvalue weighted by atomic mass is 10.0. The first-order valence-corrected chi connectivity index (χ1v) is 7.38. The number of fused-ring (bicyclic) bond motifs is 1. The second-order valence-electron chi connectivity index (χ2n) is 5.42. The Hall–Kier alpha value is -2.37. The summed E-state index contributed by atoms with van der Waals surface area (Å²) in [5.74, 6) is 0. The fraction of sp³-hybridized carbons (Fsp3) is 0.235. The van der Waals surface area contributed by atoms with Crippen LogP contribution in [0.2, 0.25) is 0 Å². The summed E-state index contributed by atoms with van der Waals surface area (Å²) in [4.78, 5) is 4.17. The van der Waals surface area contributed by atoms with Gasteiger partial charge in [-0.2, -0.15) is 4.98 Å². The minimum Gasteiger partial charge on any atom is -0.424 e. The minimum absolute atomic E-state index is 0.139. The maximum atomic E-state index is 5.77. The van der Waals surface area contributed by atoms with E-state index in [1.807, 2.05) is 18.2 Å². The molecule has 5 nitrogen and oxygen atoms in total. The number of morpholine rings is 1. The van der Waals surface area contributed by atoms with Crippen LogP contribution in [-0.2, 0) is 4.74 Å². The van der Waals surface area contributed by atoms with Crippen LogP contribution < -0.4 is 11.1 Å². The van der Waals surface area contributed by atoms with Crippen LogP contribution >= 0.6 is 0 Å². The van der Waals surface area contributed by atoms with E-state index in [4.69, 9.17) is 14.9 Å². The second kappa shape index (κ2) is 5.44. The molecule has 1 saturated heterocycles. The van der Waals surface area contributed by atoms with E-state index >= 15 is 0 Å². The van der Waals surface area contributed by atoms with Gasteiger partial charge in [0.2, 0.25) is 0 Å². The van der Waals surface area contributed by atoms with Gasteiger partial charge in [-0.15, -0.1) is 0 Å². The average Bonchev–Trinajstić information content (AvgIpc) is 2.95. The summed E-state index contributed by atoms with van der Waals surface area (Å²) in [5, 5.41) is 3.35. The molecule has 0 bridgehead atoms. The number of nitrogens with zero attached hydrogens (tertiary/aromatic N) is 1. The molecule has 3 aromatic rings. The second-order valence-corrected chi connectivity index (χ2v) is 5.42. The Morgan fingerprint density at radius 2 is 1.91 bits per heavy atom. The third-order valence-electron chi connectivity index (χ3n) is 3.95. The number of nitrogens with two attached hydrogens (primary N) is 1. The van der Waals surface area contributed by atoms with Gasteiger partial charge in [0.15, 0.2) is 5.58 Å². The molecule has 0 aliphatic carbocycles. The van der Waals surface area contributed by atoms with Crippen LogP contribution in [0.25, 0.3) is 22.2 Å². The minimum atomic E-state index is 0.139. The molecule has 4 rings (SSSR count). The maximum Gasteiger partial charge on any atom is 0.292 e. The van der Waals surface area contributed by atoms with E-state index in [1.165, 1.54) is 5.56 Å². The first-order chi connectivity index (χ1) is 10.8. The Kier molecular flexibility index (Phi) is 3.29. The van der Waals surface area contributed by atoms with Gasteiger partial charge in [0, 0.05) is 13.1 Å². The van der Waals surface area contributed by atoms with Gasteiger partial charge in [0.1, 0.15) is 5.52 Å². The number of anilines is 1. The Bertz CT molecular complexity index is 789. The van der Waals surface area contributed by atoms with Gasteiger partial charge in [-0.05, 0) is 28.8 Å². The van der Waals surface area contributed by atoms with E-state index in [0.29, 0.717) is 5.58 Å². The van der Waals surface area contributed by atoms with E-state index in [0.717, 1.165) is 36.3 Å². The molecule has 22 heavy (non-hydrogen) atoms. The molecule has 5 heteroatoms. The number of nitrogen functional groups attached to an aromatic ring is 1. The van der Waals surface area contributed by atoms with Crippen LogP contribution in [-0.4, -0.2) is 24.7 Å². The largest absolute Gasteiger partial charge is 0.424 e. The van der Waals surface area contributed by atoms with Crippen molar-refractivity contribution in [2.24, 2.45) is 0 Å². The zero-order chi connectivity index (χ0) is 14.9. The van der Waals surface area contributed by atoms with E-state index in [1.54, 1.807) is 0 Å². The van der Waals surface area contributed by atoms with Crippen molar-refractivity contribution < 1.29 is 9.15 Å². The predicted molar refractivity (Wildman–Crippen MR) is 85.4 cm³/mol. The molecule has 3 N–H and O–H groups in total. The molecule has 1 aliphatic rings. The van der Waals surface area contributed by atoms with E-state index in [2.05, 4.69) is 34.6 Å². The van der Waals surface area contributed by atoms with E-state index < -0.39 is 0 Å². The van der Waals surface area contributed by atoms with Crippen molar-refractivity contribution in [3.63, 3.8) is 0 Å². The number of ether oxygens (including phenoxy) is 1. The zero-order valence-electron chi connectivity index (χ0n) is 12.1. The summed E-state index contributed by atoms with van der Waals surface area (Å²) in [6.45, 7) is 2.55. The number of rotatable bonds is 2. The summed E-state index contributed by atoms with van der Waals surface area (Å²) >= 11 is 0. The van der Waals surface area contributed by atoms with Crippen LogP contribution in [0, 0.1) is 0 Å². The summed E-state index contributed by atoms with van der Waals surface area (Å²) < 4.78 is 11.1. The monoisotopic (exact) mass is 295 g/mol. The zero-order valence-corrected chi connectivity index (χ0v) is 12.1. The summed E-state index contributed by atoms with van der Waals surface area (Å²) in [5.41, 5.74) is 10.5. The third kappa shape index (κ3) is 2.45. The molecular formula is C17H17N3O2. The smallest absolute Gasteiger partial charge is 0.292 e. The highest BCUT2D eigenvalue weighted by Gasteiger charge is 2.15. The number of hydrogen-bond donors (Lipinski definition) is 2. The molecule has 1 aromatic heterocycles. The average molecular weight is 295 g/mol. The van der Waals surface area contributed by atoms with Crippen molar-refractivity contribution in [1.29, 1.82) is 0 Å². The molecule has 1 fully saturated rings. The van der Waals surface area contributed by atoms with Crippen molar-refractivity contribution in [1.82, 2.24) is 10.3 Å². The summed E-state index contributed by atoms with van der Waals surface area (Å²) in [6, 6.07) is 14.6. The Balaban J connectivity index is 1.63. The molecule has 0 saturated carbocycles. The highest BCUT2D eigenvalue weighted by atomic mass is 16.5. The SMILES string of the molecule is Nc1nc2cc(-c3ccc([C@@H]4CNCCO4)cc3)ccc2o1. The Morgan fingerprint density at radius 3 is 2.68 bits per heavy atom. The van der Waals surface area contributed by atoms with Crippen LogP contribution in [0.15, 0.2) is 46.9 Å². The molecule has 1 aliphatic heterocycles. The number of aromatic nitrogens is 1. The highest BCUT2D eigenvalue weighted by Crippen LogP contribution is 2.27. The molecule has 0 amide bonds. The van der Waals surface area contributed by atoms with E-state index in [9.17, 15) is 0 Å². The number of hydrogen-bond acceptors (Lipinski definition) is 5. The van der Waals surface area contributed by atoms with Crippen LogP contribution in [0.5, 0.6) is 0 Å². The lowest BCUT2D eigenvalue weighted by Crippen LogP contribution is -2.33. The molecule has 1 atom stereocenters. The molecule has 112 valence electrons. The van der Waals surface area contributed by atoms with Gasteiger partial charge in [-0.25, -0.2) is 0 Å². The van der Waals surface area contributed by atoms with Gasteiger partial charge in [-0.1, -0.05) is 30.3 Å². The van der Waals surface area contributed by atoms with Crippen LogP contribution in [0.4, 0.5) is 6.01 Å². The first-order valence-electron chi connectivity index (χ1n) is 7.38. The van der Waals surface area contributed by atoms with Gasteiger partial charge < -0.3 is 20.2 Å². The standard InChI is InChI=1S/C17H17N3O2/c18-17-20-14-9-13(5-6-15(14)22-17)11-1-3-12(4-2-11)16-10-19-7-8-21-16/h1-6,9,16,19H,7-8,10H2,(H2,18,20)/t16-/m0/s1. The van der Waals surface area contributed by atoms with Crippen molar-refractivity contribution in [3.8, 4) is 11.1 Å². The van der Waals surface area contributed by atoms with Gasteiger partial charge >= 0.3 is 0 Å². The van der Waals surface area contributed by atoms with E-state index in [-0.39, 0.29) is 12.1 Å². The normalized spacial score (nSPS) is 18.6. The van der Waals surface area contributed by atoms with Gasteiger partial charge in [0.25, 0.3) is 6.01 Å². The molecule has 2 aromatic carbocycles. The van der Waals surface area contributed by atoms with Gasteiger partial charge in [0.05, 0.1) is 12.7 Å². The third-order valence-corrected chi connectivity index (χ3v) is 3.95. The quantitative estimate of drug-likeness (QED) is 0.760. The molecule has 0 spiro atoms. The first kappa shape index (κ1) is 13.3. The molecule has 0 unspecified atom stereocenters. The summed E-state index contributed by atoms with van der Waals surface area (Å²) in [7, 11) is 0. The Labute approximate surface area is 128 Å².